The van der Waals surface area contributed by atoms with Gasteiger partial charge >= 0.3 is 0 Å². The van der Waals surface area contributed by atoms with Crippen LogP contribution in [0, 0.1) is 24.1 Å². The number of ketones is 1. The summed E-state index contributed by atoms with van der Waals surface area (Å²) in [4.78, 5) is 12.1. The Balaban J connectivity index is 2.39. The van der Waals surface area contributed by atoms with E-state index in [-0.39, 0.29) is 11.3 Å². The number of rotatable bonds is 3. The molecule has 0 saturated carbocycles. The summed E-state index contributed by atoms with van der Waals surface area (Å²) < 4.78 is 18.7. The molecule has 18 heavy (non-hydrogen) atoms. The molecule has 0 amide bonds. The molecule has 0 saturated heterocycles. The average molecular weight is 243 g/mol. The number of hydrogen-bond acceptors (Lipinski definition) is 3. The molecule has 4 heteroatoms. The van der Waals surface area contributed by atoms with E-state index in [1.54, 1.807) is 19.1 Å². The Kier molecular flexibility index (Phi) is 3.24. The van der Waals surface area contributed by atoms with Crippen LogP contribution in [0.3, 0.4) is 0 Å². The fourth-order valence-corrected chi connectivity index (χ4v) is 1.69. The number of aryl methyl sites for hydroxylation is 1. The topological polar surface area (TPSA) is 54.0 Å². The van der Waals surface area contributed by atoms with Crippen LogP contribution in [0.4, 0.5) is 4.39 Å². The van der Waals surface area contributed by atoms with Crippen LogP contribution in [0.1, 0.15) is 27.8 Å². The summed E-state index contributed by atoms with van der Waals surface area (Å²) in [6, 6.07) is 10.7. The van der Waals surface area contributed by atoms with Crippen LogP contribution < -0.4 is 0 Å². The second-order valence-corrected chi connectivity index (χ2v) is 3.86. The fourth-order valence-electron chi connectivity index (χ4n) is 1.69. The van der Waals surface area contributed by atoms with Gasteiger partial charge in [0.15, 0.2) is 5.76 Å². The molecule has 0 N–H and O–H groups in total. The first kappa shape index (κ1) is 12.1. The van der Waals surface area contributed by atoms with E-state index in [4.69, 9.17) is 9.68 Å². The predicted molar refractivity (Wildman–Crippen MR) is 62.5 cm³/mol. The molecule has 1 aromatic heterocycles. The molecular weight excluding hydrogens is 233 g/mol. The van der Waals surface area contributed by atoms with Crippen molar-refractivity contribution in [2.45, 2.75) is 12.8 Å². The minimum atomic E-state index is -1.18. The number of carbonyl (C=O) groups excluding carboxylic acids is 1. The van der Waals surface area contributed by atoms with Crippen LogP contribution in [-0.2, 0) is 0 Å². The highest BCUT2D eigenvalue weighted by Gasteiger charge is 2.26. The molecule has 0 aliphatic heterocycles. The molecule has 0 bridgehead atoms. The Morgan fingerprint density at radius 1 is 1.33 bits per heavy atom. The number of halogens is 1. The maximum Gasteiger partial charge on any atom is 0.219 e. The van der Waals surface area contributed by atoms with Crippen LogP contribution >= 0.6 is 0 Å². The molecule has 1 aromatic carbocycles. The lowest BCUT2D eigenvalue weighted by Crippen LogP contribution is -2.12. The van der Waals surface area contributed by atoms with Gasteiger partial charge in [-0.05, 0) is 25.1 Å². The summed E-state index contributed by atoms with van der Waals surface area (Å²) in [5.74, 6) is -1.64. The van der Waals surface area contributed by atoms with Gasteiger partial charge in [0.25, 0.3) is 0 Å². The summed E-state index contributed by atoms with van der Waals surface area (Å²) in [7, 11) is 0. The van der Waals surface area contributed by atoms with Gasteiger partial charge in [-0.2, -0.15) is 5.26 Å². The third-order valence-electron chi connectivity index (χ3n) is 2.59. The van der Waals surface area contributed by atoms with Crippen molar-refractivity contribution in [1.82, 2.24) is 0 Å². The van der Waals surface area contributed by atoms with E-state index in [2.05, 4.69) is 0 Å². The summed E-state index contributed by atoms with van der Waals surface area (Å²) in [5, 5.41) is 9.06. The lowest BCUT2D eigenvalue weighted by molar-refractivity contribution is 0.0949. The van der Waals surface area contributed by atoms with Crippen molar-refractivity contribution < 1.29 is 13.6 Å². The van der Waals surface area contributed by atoms with Gasteiger partial charge in [0, 0.05) is 5.56 Å². The van der Waals surface area contributed by atoms with E-state index in [0.29, 0.717) is 5.76 Å². The van der Waals surface area contributed by atoms with E-state index >= 15 is 0 Å². The van der Waals surface area contributed by atoms with Crippen LogP contribution in [0.15, 0.2) is 40.8 Å². The van der Waals surface area contributed by atoms with Crippen molar-refractivity contribution in [1.29, 1.82) is 5.26 Å². The molecular formula is C14H10FNO2. The molecule has 0 aliphatic rings. The molecule has 0 spiro atoms. The molecule has 0 aliphatic carbocycles. The summed E-state index contributed by atoms with van der Waals surface area (Å²) in [6.07, 6.45) is 0. The maximum atomic E-state index is 13.6. The lowest BCUT2D eigenvalue weighted by atomic mass is 9.94. The highest BCUT2D eigenvalue weighted by atomic mass is 19.1. The third-order valence-corrected chi connectivity index (χ3v) is 2.59. The van der Waals surface area contributed by atoms with Gasteiger partial charge in [-0.25, -0.2) is 4.39 Å². The Morgan fingerprint density at radius 2 is 2.06 bits per heavy atom. The maximum absolute atomic E-state index is 13.6. The second kappa shape index (κ2) is 4.84. The standard InChI is InChI=1S/C14H10FNO2/c1-9-6-7-13(18-9)14(17)11(8-16)10-4-2-3-5-12(10)15/h2-7,11H,1H3. The van der Waals surface area contributed by atoms with Gasteiger partial charge in [-0.1, -0.05) is 18.2 Å². The normalized spacial score (nSPS) is 11.8. The Hall–Kier alpha value is -2.41. The molecule has 2 aromatic rings. The molecule has 0 radical (unpaired) electrons. The van der Waals surface area contributed by atoms with Crippen LogP contribution in [0.2, 0.25) is 0 Å². The Labute approximate surface area is 103 Å². The molecule has 90 valence electrons. The van der Waals surface area contributed by atoms with Gasteiger partial charge in [-0.3, -0.25) is 4.79 Å². The first-order valence-electron chi connectivity index (χ1n) is 5.38. The zero-order chi connectivity index (χ0) is 13.1. The number of nitriles is 1. The average Bonchev–Trinajstić information content (AvgIpc) is 2.79. The first-order chi connectivity index (χ1) is 8.63. The molecule has 1 heterocycles. The van der Waals surface area contributed by atoms with Gasteiger partial charge in [0.2, 0.25) is 5.78 Å². The highest BCUT2D eigenvalue weighted by Crippen LogP contribution is 2.23. The van der Waals surface area contributed by atoms with Crippen molar-refractivity contribution in [3.8, 4) is 6.07 Å². The van der Waals surface area contributed by atoms with Gasteiger partial charge in [-0.15, -0.1) is 0 Å². The quantitative estimate of drug-likeness (QED) is 0.778. The first-order valence-corrected chi connectivity index (χ1v) is 5.38. The summed E-state index contributed by atoms with van der Waals surface area (Å²) in [6.45, 7) is 1.70. The minimum absolute atomic E-state index is 0.0686. The Morgan fingerprint density at radius 3 is 2.61 bits per heavy atom. The largest absolute Gasteiger partial charge is 0.458 e. The van der Waals surface area contributed by atoms with E-state index in [9.17, 15) is 9.18 Å². The van der Waals surface area contributed by atoms with E-state index in [0.717, 1.165) is 0 Å². The van der Waals surface area contributed by atoms with Crippen molar-refractivity contribution in [2.24, 2.45) is 0 Å². The molecule has 0 fully saturated rings. The van der Waals surface area contributed by atoms with Gasteiger partial charge in [0.05, 0.1) is 6.07 Å². The van der Waals surface area contributed by atoms with Crippen molar-refractivity contribution in [3.05, 3.63) is 59.3 Å². The van der Waals surface area contributed by atoms with Crippen LogP contribution in [0.25, 0.3) is 0 Å². The molecule has 1 atom stereocenters. The van der Waals surface area contributed by atoms with Crippen LogP contribution in [-0.4, -0.2) is 5.78 Å². The number of furan rings is 1. The molecule has 1 unspecified atom stereocenters. The smallest absolute Gasteiger partial charge is 0.219 e. The van der Waals surface area contributed by atoms with Crippen molar-refractivity contribution in [2.75, 3.05) is 0 Å². The van der Waals surface area contributed by atoms with E-state index < -0.39 is 17.5 Å². The number of hydrogen-bond donors (Lipinski definition) is 0. The van der Waals surface area contributed by atoms with E-state index in [1.807, 2.05) is 6.07 Å². The zero-order valence-corrected chi connectivity index (χ0v) is 9.68. The monoisotopic (exact) mass is 243 g/mol. The van der Waals surface area contributed by atoms with Gasteiger partial charge in [0.1, 0.15) is 17.5 Å². The SMILES string of the molecule is Cc1ccc(C(=O)C(C#N)c2ccccc2F)o1. The molecule has 2 rings (SSSR count). The summed E-state index contributed by atoms with van der Waals surface area (Å²) in [5.41, 5.74) is 0.0686. The summed E-state index contributed by atoms with van der Waals surface area (Å²) >= 11 is 0. The van der Waals surface area contributed by atoms with Gasteiger partial charge < -0.3 is 4.42 Å². The Bertz CT molecular complexity index is 625. The van der Waals surface area contributed by atoms with Crippen molar-refractivity contribution >= 4 is 5.78 Å². The fraction of sp³-hybridized carbons (Fsp3) is 0.143. The van der Waals surface area contributed by atoms with Crippen molar-refractivity contribution in [3.63, 3.8) is 0 Å². The minimum Gasteiger partial charge on any atom is -0.458 e. The zero-order valence-electron chi connectivity index (χ0n) is 9.68. The molecule has 3 nitrogen and oxygen atoms in total. The lowest BCUT2D eigenvalue weighted by Gasteiger charge is -2.07. The number of Topliss-reactive ketones (excluding diaryl/α,β-unsaturated/α-hetero) is 1. The number of nitrogens with zero attached hydrogens (tertiary/aromatic N) is 1. The second-order valence-electron chi connectivity index (χ2n) is 3.86. The number of benzene rings is 1. The number of carbonyl (C=O) groups is 1. The van der Waals surface area contributed by atoms with Crippen LogP contribution in [0.5, 0.6) is 0 Å². The predicted octanol–water partition coefficient (Wildman–Crippen LogP) is 3.22. The highest BCUT2D eigenvalue weighted by molar-refractivity contribution is 6.00. The van der Waals surface area contributed by atoms with E-state index in [1.165, 1.54) is 24.3 Å². The third kappa shape index (κ3) is 2.16.